The fourth-order valence-electron chi connectivity index (χ4n) is 3.26. The summed E-state index contributed by atoms with van der Waals surface area (Å²) in [7, 11) is 1.51. The predicted molar refractivity (Wildman–Crippen MR) is 122 cm³/mol. The van der Waals surface area contributed by atoms with Gasteiger partial charge in [0.2, 0.25) is 0 Å². The molecule has 0 spiro atoms. The van der Waals surface area contributed by atoms with E-state index in [4.69, 9.17) is 16.3 Å². The zero-order valence-electron chi connectivity index (χ0n) is 16.8. The standard InChI is InChI=1S/C24H20ClN3O3/c1-31-22-15-21(27-11-4-5-12-27)20(25)14-19(22)24(30)26-18-9-7-17(8-10-18)16-28-13-3-2-6-23(28)29/h2-15H,16H2,1H3,(H,26,30). The highest BCUT2D eigenvalue weighted by Gasteiger charge is 2.17. The van der Waals surface area contributed by atoms with Crippen molar-refractivity contribution < 1.29 is 9.53 Å². The van der Waals surface area contributed by atoms with E-state index in [1.54, 1.807) is 41.1 Å². The van der Waals surface area contributed by atoms with E-state index in [2.05, 4.69) is 5.32 Å². The van der Waals surface area contributed by atoms with E-state index in [0.717, 1.165) is 11.3 Å². The van der Waals surface area contributed by atoms with Crippen LogP contribution in [0.15, 0.2) is 90.1 Å². The topological polar surface area (TPSA) is 65.3 Å². The monoisotopic (exact) mass is 433 g/mol. The summed E-state index contributed by atoms with van der Waals surface area (Å²) in [6.45, 7) is 0.457. The summed E-state index contributed by atoms with van der Waals surface area (Å²) in [5.41, 5.74) is 2.57. The summed E-state index contributed by atoms with van der Waals surface area (Å²) < 4.78 is 8.90. The molecule has 2 aromatic heterocycles. The molecule has 1 amide bonds. The molecular formula is C24H20ClN3O3. The van der Waals surface area contributed by atoms with Crippen molar-refractivity contribution in [3.8, 4) is 11.4 Å². The minimum atomic E-state index is -0.329. The minimum absolute atomic E-state index is 0.0628. The van der Waals surface area contributed by atoms with Crippen LogP contribution in [0, 0.1) is 0 Å². The number of nitrogens with one attached hydrogen (secondary N) is 1. The number of hydrogen-bond acceptors (Lipinski definition) is 3. The van der Waals surface area contributed by atoms with Gasteiger partial charge in [0, 0.05) is 36.4 Å². The first kappa shape index (κ1) is 20.5. The van der Waals surface area contributed by atoms with E-state index >= 15 is 0 Å². The van der Waals surface area contributed by atoms with Gasteiger partial charge in [-0.3, -0.25) is 9.59 Å². The Kier molecular flexibility index (Phi) is 5.91. The number of carbonyl (C=O) groups is 1. The summed E-state index contributed by atoms with van der Waals surface area (Å²) in [6, 6.07) is 19.5. The number of hydrogen-bond donors (Lipinski definition) is 1. The zero-order valence-corrected chi connectivity index (χ0v) is 17.5. The van der Waals surface area contributed by atoms with Gasteiger partial charge in [-0.2, -0.15) is 0 Å². The van der Waals surface area contributed by atoms with Gasteiger partial charge in [-0.1, -0.05) is 29.8 Å². The molecule has 2 aromatic carbocycles. The van der Waals surface area contributed by atoms with Gasteiger partial charge in [-0.25, -0.2) is 0 Å². The van der Waals surface area contributed by atoms with Crippen molar-refractivity contribution in [2.24, 2.45) is 0 Å². The lowest BCUT2D eigenvalue weighted by Crippen LogP contribution is -2.18. The lowest BCUT2D eigenvalue weighted by molar-refractivity contribution is 0.102. The molecule has 4 aromatic rings. The first-order valence-electron chi connectivity index (χ1n) is 9.62. The molecule has 0 bridgehead atoms. The summed E-state index contributed by atoms with van der Waals surface area (Å²) in [6.07, 6.45) is 5.47. The third-order valence-electron chi connectivity index (χ3n) is 4.86. The predicted octanol–water partition coefficient (Wildman–Crippen LogP) is 4.60. The highest BCUT2D eigenvalue weighted by Crippen LogP contribution is 2.30. The zero-order chi connectivity index (χ0) is 21.8. The van der Waals surface area contributed by atoms with E-state index < -0.39 is 0 Å². The number of rotatable bonds is 6. The number of carbonyl (C=O) groups excluding carboxylic acids is 1. The van der Waals surface area contributed by atoms with E-state index in [1.165, 1.54) is 13.2 Å². The molecular weight excluding hydrogens is 414 g/mol. The number of anilines is 1. The van der Waals surface area contributed by atoms with E-state index in [9.17, 15) is 9.59 Å². The van der Waals surface area contributed by atoms with Crippen LogP contribution in [-0.4, -0.2) is 22.2 Å². The molecule has 31 heavy (non-hydrogen) atoms. The Bertz CT molecular complexity index is 1260. The molecule has 0 saturated heterocycles. The van der Waals surface area contributed by atoms with Gasteiger partial charge < -0.3 is 19.2 Å². The first-order chi connectivity index (χ1) is 15.0. The molecule has 4 rings (SSSR count). The lowest BCUT2D eigenvalue weighted by Gasteiger charge is -2.14. The Morgan fingerprint density at radius 1 is 1.00 bits per heavy atom. The second-order valence-electron chi connectivity index (χ2n) is 6.91. The summed E-state index contributed by atoms with van der Waals surface area (Å²) >= 11 is 6.42. The van der Waals surface area contributed by atoms with Gasteiger partial charge in [-0.15, -0.1) is 0 Å². The second-order valence-corrected chi connectivity index (χ2v) is 7.32. The highest BCUT2D eigenvalue weighted by atomic mass is 35.5. The van der Waals surface area contributed by atoms with Crippen molar-refractivity contribution in [3.63, 3.8) is 0 Å². The van der Waals surface area contributed by atoms with Crippen LogP contribution in [-0.2, 0) is 6.54 Å². The normalized spacial score (nSPS) is 10.6. The van der Waals surface area contributed by atoms with Crippen LogP contribution in [0.1, 0.15) is 15.9 Å². The van der Waals surface area contributed by atoms with Crippen molar-refractivity contribution >= 4 is 23.2 Å². The Balaban J connectivity index is 1.52. The third-order valence-corrected chi connectivity index (χ3v) is 5.16. The van der Waals surface area contributed by atoms with Gasteiger partial charge in [-0.05, 0) is 42.0 Å². The molecule has 0 unspecified atom stereocenters. The Hall–Kier alpha value is -3.77. The molecule has 6 nitrogen and oxygen atoms in total. The van der Waals surface area contributed by atoms with Crippen molar-refractivity contribution in [1.29, 1.82) is 0 Å². The number of ether oxygens (including phenoxy) is 1. The quantitative estimate of drug-likeness (QED) is 0.483. The van der Waals surface area contributed by atoms with Gasteiger partial charge >= 0.3 is 0 Å². The maximum Gasteiger partial charge on any atom is 0.259 e. The fraction of sp³-hybridized carbons (Fsp3) is 0.0833. The Morgan fingerprint density at radius 3 is 2.39 bits per heavy atom. The molecule has 0 aliphatic heterocycles. The van der Waals surface area contributed by atoms with Gasteiger partial charge in [0.05, 0.1) is 29.9 Å². The van der Waals surface area contributed by atoms with E-state index in [1.807, 2.05) is 47.3 Å². The molecule has 0 aliphatic rings. The average molecular weight is 434 g/mol. The van der Waals surface area contributed by atoms with Crippen LogP contribution in [0.25, 0.3) is 5.69 Å². The summed E-state index contributed by atoms with van der Waals surface area (Å²) in [5, 5.41) is 3.30. The van der Waals surface area contributed by atoms with Crippen LogP contribution in [0.5, 0.6) is 5.75 Å². The molecule has 0 fully saturated rings. The molecule has 7 heteroatoms. The third kappa shape index (κ3) is 4.54. The van der Waals surface area contributed by atoms with Gasteiger partial charge in [0.25, 0.3) is 11.5 Å². The van der Waals surface area contributed by atoms with Gasteiger partial charge in [0.1, 0.15) is 5.75 Å². The maximum absolute atomic E-state index is 12.9. The van der Waals surface area contributed by atoms with Crippen LogP contribution < -0.4 is 15.6 Å². The Labute approximate surface area is 184 Å². The fourth-order valence-corrected chi connectivity index (χ4v) is 3.52. The van der Waals surface area contributed by atoms with Crippen LogP contribution >= 0.6 is 11.6 Å². The molecule has 0 aliphatic carbocycles. The molecule has 1 N–H and O–H groups in total. The van der Waals surface area contributed by atoms with Gasteiger partial charge in [0.15, 0.2) is 0 Å². The summed E-state index contributed by atoms with van der Waals surface area (Å²) in [4.78, 5) is 24.7. The number of benzene rings is 2. The largest absolute Gasteiger partial charge is 0.496 e. The maximum atomic E-state index is 12.9. The number of methoxy groups -OCH3 is 1. The van der Waals surface area contributed by atoms with Crippen molar-refractivity contribution in [2.75, 3.05) is 12.4 Å². The number of aromatic nitrogens is 2. The highest BCUT2D eigenvalue weighted by molar-refractivity contribution is 6.33. The first-order valence-corrected chi connectivity index (χ1v) is 9.99. The van der Waals surface area contributed by atoms with E-state index in [0.29, 0.717) is 28.6 Å². The summed E-state index contributed by atoms with van der Waals surface area (Å²) in [5.74, 6) is 0.0931. The molecule has 0 radical (unpaired) electrons. The van der Waals surface area contributed by atoms with E-state index in [-0.39, 0.29) is 11.5 Å². The van der Waals surface area contributed by atoms with Crippen LogP contribution in [0.3, 0.4) is 0 Å². The lowest BCUT2D eigenvalue weighted by atomic mass is 10.1. The molecule has 2 heterocycles. The van der Waals surface area contributed by atoms with Crippen LogP contribution in [0.4, 0.5) is 5.69 Å². The van der Waals surface area contributed by atoms with Crippen LogP contribution in [0.2, 0.25) is 5.02 Å². The second kappa shape index (κ2) is 8.93. The van der Waals surface area contributed by atoms with Crippen molar-refractivity contribution in [3.05, 3.63) is 112 Å². The van der Waals surface area contributed by atoms with Crippen molar-refractivity contribution in [1.82, 2.24) is 9.13 Å². The van der Waals surface area contributed by atoms with Crippen molar-refractivity contribution in [2.45, 2.75) is 6.54 Å². The number of halogens is 1. The number of nitrogens with zero attached hydrogens (tertiary/aromatic N) is 2. The average Bonchev–Trinajstić information content (AvgIpc) is 3.31. The Morgan fingerprint density at radius 2 is 1.71 bits per heavy atom. The molecule has 0 atom stereocenters. The number of pyridine rings is 1. The molecule has 156 valence electrons. The smallest absolute Gasteiger partial charge is 0.259 e. The minimum Gasteiger partial charge on any atom is -0.496 e. The number of amides is 1. The molecule has 0 saturated carbocycles. The SMILES string of the molecule is COc1cc(-n2cccc2)c(Cl)cc1C(=O)Nc1ccc(Cn2ccccc2=O)cc1.